The molecule has 2 atom stereocenters. The van der Waals surface area contributed by atoms with Crippen LogP contribution in [0.2, 0.25) is 0 Å². The summed E-state index contributed by atoms with van der Waals surface area (Å²) in [6.07, 6.45) is 5.02. The van der Waals surface area contributed by atoms with Gasteiger partial charge in [0.05, 0.1) is 4.88 Å². The molecule has 1 saturated carbocycles. The molecule has 1 N–H and O–H groups in total. The molecule has 1 aromatic carbocycles. The number of hydrogen-bond donors (Lipinski definition) is 1. The van der Waals surface area contributed by atoms with E-state index in [1.807, 2.05) is 18.2 Å². The van der Waals surface area contributed by atoms with Crippen molar-refractivity contribution in [2.24, 2.45) is 5.92 Å². The molecule has 1 heterocycles. The molecule has 0 saturated heterocycles. The molecule has 0 aliphatic heterocycles. The normalized spacial score (nSPS) is 22.9. The number of amides is 1. The average Bonchev–Trinajstić information content (AvgIpc) is 2.90. The van der Waals surface area contributed by atoms with Crippen molar-refractivity contribution in [2.75, 3.05) is 6.54 Å². The number of halogens is 1. The van der Waals surface area contributed by atoms with Crippen LogP contribution in [-0.4, -0.2) is 17.3 Å². The van der Waals surface area contributed by atoms with Crippen LogP contribution in [0.4, 0.5) is 0 Å². The Morgan fingerprint density at radius 1 is 1.30 bits per heavy atom. The van der Waals surface area contributed by atoms with Crippen LogP contribution in [0.5, 0.6) is 0 Å². The number of fused-ring (bicyclic) bond motifs is 1. The summed E-state index contributed by atoms with van der Waals surface area (Å²) in [6.45, 7) is 0.781. The summed E-state index contributed by atoms with van der Waals surface area (Å²) >= 11 is 5.31. The molecule has 4 heteroatoms. The number of carbonyl (C=O) groups is 1. The van der Waals surface area contributed by atoms with Crippen molar-refractivity contribution in [1.29, 1.82) is 0 Å². The molecule has 3 rings (SSSR count). The summed E-state index contributed by atoms with van der Waals surface area (Å²) in [5.74, 6) is 0.638. The predicted octanol–water partition coefficient (Wildman–Crippen LogP) is 4.58. The van der Waals surface area contributed by atoms with Gasteiger partial charge in [0.15, 0.2) is 0 Å². The molecule has 20 heavy (non-hydrogen) atoms. The van der Waals surface area contributed by atoms with Crippen LogP contribution >= 0.6 is 27.3 Å². The maximum Gasteiger partial charge on any atom is 0.261 e. The highest BCUT2D eigenvalue weighted by Gasteiger charge is 2.23. The Bertz CT molecular complexity index is 576. The third-order valence-electron chi connectivity index (χ3n) is 3.99. The summed E-state index contributed by atoms with van der Waals surface area (Å²) < 4.78 is 1.17. The topological polar surface area (TPSA) is 29.1 Å². The number of hydrogen-bond acceptors (Lipinski definition) is 2. The Hall–Kier alpha value is -0.870. The van der Waals surface area contributed by atoms with Crippen molar-refractivity contribution in [3.05, 3.63) is 35.2 Å². The van der Waals surface area contributed by atoms with Gasteiger partial charge >= 0.3 is 0 Å². The van der Waals surface area contributed by atoms with Crippen LogP contribution in [0.1, 0.15) is 35.4 Å². The predicted molar refractivity (Wildman–Crippen MR) is 88.8 cm³/mol. The minimum Gasteiger partial charge on any atom is -0.351 e. The summed E-state index contributed by atoms with van der Waals surface area (Å²) in [6, 6.07) is 10.1. The zero-order valence-electron chi connectivity index (χ0n) is 11.3. The Balaban J connectivity index is 1.64. The molecule has 1 aromatic heterocycles. The van der Waals surface area contributed by atoms with Gasteiger partial charge in [-0.15, -0.1) is 11.3 Å². The zero-order valence-corrected chi connectivity index (χ0v) is 13.7. The average molecular weight is 352 g/mol. The van der Waals surface area contributed by atoms with Crippen molar-refractivity contribution in [3.8, 4) is 0 Å². The van der Waals surface area contributed by atoms with E-state index >= 15 is 0 Å². The number of thiophene rings is 1. The molecule has 1 amide bonds. The first-order chi connectivity index (χ1) is 9.74. The van der Waals surface area contributed by atoms with E-state index in [0.717, 1.165) is 16.8 Å². The van der Waals surface area contributed by atoms with E-state index in [1.165, 1.54) is 30.4 Å². The highest BCUT2D eigenvalue weighted by molar-refractivity contribution is 9.09. The van der Waals surface area contributed by atoms with Crippen LogP contribution in [0, 0.1) is 5.92 Å². The van der Waals surface area contributed by atoms with Crippen molar-refractivity contribution in [2.45, 2.75) is 30.5 Å². The summed E-state index contributed by atoms with van der Waals surface area (Å²) in [4.78, 5) is 13.6. The number of rotatable bonds is 3. The van der Waals surface area contributed by atoms with E-state index < -0.39 is 0 Å². The van der Waals surface area contributed by atoms with Gasteiger partial charge in [0, 0.05) is 16.1 Å². The molecule has 0 radical (unpaired) electrons. The molecule has 2 nitrogen and oxygen atoms in total. The van der Waals surface area contributed by atoms with Crippen LogP contribution in [-0.2, 0) is 0 Å². The summed E-state index contributed by atoms with van der Waals surface area (Å²) in [5.41, 5.74) is 0. The van der Waals surface area contributed by atoms with Crippen molar-refractivity contribution in [3.63, 3.8) is 0 Å². The molecule has 1 aliphatic rings. The van der Waals surface area contributed by atoms with Crippen molar-refractivity contribution >= 4 is 43.3 Å². The van der Waals surface area contributed by atoms with Crippen LogP contribution in [0.3, 0.4) is 0 Å². The fourth-order valence-corrected chi connectivity index (χ4v) is 4.55. The van der Waals surface area contributed by atoms with Gasteiger partial charge in [-0.25, -0.2) is 0 Å². The van der Waals surface area contributed by atoms with Crippen molar-refractivity contribution in [1.82, 2.24) is 5.32 Å². The van der Waals surface area contributed by atoms with E-state index in [0.29, 0.717) is 10.7 Å². The molecule has 1 aliphatic carbocycles. The molecule has 2 unspecified atom stereocenters. The number of alkyl halides is 1. The van der Waals surface area contributed by atoms with Gasteiger partial charge in [-0.05, 0) is 36.3 Å². The van der Waals surface area contributed by atoms with Gasteiger partial charge in [0.2, 0.25) is 0 Å². The first-order valence-electron chi connectivity index (χ1n) is 7.15. The number of carbonyl (C=O) groups excluding carboxylic acids is 1. The lowest BCUT2D eigenvalue weighted by Crippen LogP contribution is -2.34. The summed E-state index contributed by atoms with van der Waals surface area (Å²) in [7, 11) is 0. The lowest BCUT2D eigenvalue weighted by molar-refractivity contribution is 0.0948. The lowest BCUT2D eigenvalue weighted by Gasteiger charge is -2.27. The van der Waals surface area contributed by atoms with Crippen LogP contribution in [0.15, 0.2) is 30.3 Å². The summed E-state index contributed by atoms with van der Waals surface area (Å²) in [5, 5.41) is 4.25. The Morgan fingerprint density at radius 2 is 2.10 bits per heavy atom. The second kappa shape index (κ2) is 6.27. The molecule has 2 aromatic rings. The second-order valence-corrected chi connectivity index (χ2v) is 7.68. The van der Waals surface area contributed by atoms with E-state index in [-0.39, 0.29) is 5.91 Å². The SMILES string of the molecule is O=C(NCC1CCCCC1Br)c1cc2ccccc2s1. The first-order valence-corrected chi connectivity index (χ1v) is 8.88. The van der Waals surface area contributed by atoms with Gasteiger partial charge in [0.25, 0.3) is 5.91 Å². The van der Waals surface area contributed by atoms with Gasteiger partial charge in [0.1, 0.15) is 0 Å². The van der Waals surface area contributed by atoms with Gasteiger partial charge < -0.3 is 5.32 Å². The quantitative estimate of drug-likeness (QED) is 0.805. The lowest BCUT2D eigenvalue weighted by atomic mass is 9.89. The second-order valence-electron chi connectivity index (χ2n) is 5.42. The largest absolute Gasteiger partial charge is 0.351 e. The van der Waals surface area contributed by atoms with E-state index in [9.17, 15) is 4.79 Å². The number of nitrogens with one attached hydrogen (secondary N) is 1. The minimum absolute atomic E-state index is 0.0662. The third kappa shape index (κ3) is 3.07. The zero-order chi connectivity index (χ0) is 13.9. The third-order valence-corrected chi connectivity index (χ3v) is 6.31. The molecular formula is C16H18BrNOS. The highest BCUT2D eigenvalue weighted by atomic mass is 79.9. The monoisotopic (exact) mass is 351 g/mol. The van der Waals surface area contributed by atoms with Crippen LogP contribution < -0.4 is 5.32 Å². The Morgan fingerprint density at radius 3 is 2.90 bits per heavy atom. The van der Waals surface area contributed by atoms with Gasteiger partial charge in [-0.3, -0.25) is 4.79 Å². The maximum atomic E-state index is 12.2. The number of benzene rings is 1. The van der Waals surface area contributed by atoms with Crippen molar-refractivity contribution < 1.29 is 4.79 Å². The molecule has 0 spiro atoms. The van der Waals surface area contributed by atoms with Gasteiger partial charge in [-0.2, -0.15) is 0 Å². The Kier molecular flexibility index (Phi) is 4.41. The van der Waals surface area contributed by atoms with Gasteiger partial charge in [-0.1, -0.05) is 47.0 Å². The van der Waals surface area contributed by atoms with Crippen LogP contribution in [0.25, 0.3) is 10.1 Å². The fraction of sp³-hybridized carbons (Fsp3) is 0.438. The Labute approximate surface area is 131 Å². The molecule has 1 fully saturated rings. The fourth-order valence-electron chi connectivity index (χ4n) is 2.80. The first kappa shape index (κ1) is 14.1. The molecular weight excluding hydrogens is 334 g/mol. The standard InChI is InChI=1S/C16H18BrNOS/c17-13-7-3-1-6-12(13)10-18-16(19)15-9-11-5-2-4-8-14(11)20-15/h2,4-5,8-9,12-13H,1,3,6-7,10H2,(H,18,19). The van der Waals surface area contributed by atoms with E-state index in [4.69, 9.17) is 0 Å². The molecule has 0 bridgehead atoms. The molecule has 106 valence electrons. The smallest absolute Gasteiger partial charge is 0.261 e. The minimum atomic E-state index is 0.0662. The van der Waals surface area contributed by atoms with E-state index in [2.05, 4.69) is 33.4 Å². The van der Waals surface area contributed by atoms with E-state index in [1.54, 1.807) is 11.3 Å². The maximum absolute atomic E-state index is 12.2. The highest BCUT2D eigenvalue weighted by Crippen LogP contribution is 2.30.